The second kappa shape index (κ2) is 2.59. The van der Waals surface area contributed by atoms with E-state index < -0.39 is 0 Å². The lowest BCUT2D eigenvalue weighted by Gasteiger charge is -2.01. The number of hydrogen-bond donors (Lipinski definition) is 0. The quantitative estimate of drug-likeness (QED) is 0.574. The van der Waals surface area contributed by atoms with Crippen LogP contribution in [0.2, 0.25) is 0 Å². The molecule has 2 aromatic rings. The highest BCUT2D eigenvalue weighted by molar-refractivity contribution is 5.84. The van der Waals surface area contributed by atoms with Crippen LogP contribution in [0.5, 0.6) is 0 Å². The van der Waals surface area contributed by atoms with Gasteiger partial charge in [0.15, 0.2) is 0 Å². The summed E-state index contributed by atoms with van der Waals surface area (Å²) in [6.07, 6.45) is 0. The van der Waals surface area contributed by atoms with Crippen molar-refractivity contribution in [1.29, 1.82) is 0 Å². The van der Waals surface area contributed by atoms with Crippen molar-refractivity contribution in [2.24, 2.45) is 0 Å². The van der Waals surface area contributed by atoms with Gasteiger partial charge in [-0.25, -0.2) is 0 Å². The van der Waals surface area contributed by atoms with Gasteiger partial charge in [-0.2, -0.15) is 0 Å². The van der Waals surface area contributed by atoms with Gasteiger partial charge >= 0.3 is 0 Å². The Labute approximate surface area is 73.5 Å². The van der Waals surface area contributed by atoms with Gasteiger partial charge in [-0.1, -0.05) is 24.3 Å². The van der Waals surface area contributed by atoms with Gasteiger partial charge in [0.25, 0.3) is 0 Å². The minimum Gasteiger partial charge on any atom is -0.258 e. The molecule has 0 unspecified atom stereocenters. The third-order valence-corrected chi connectivity index (χ3v) is 1.98. The summed E-state index contributed by atoms with van der Waals surface area (Å²) in [4.78, 5) is 4.33. The molecule has 1 heterocycles. The van der Waals surface area contributed by atoms with Crippen molar-refractivity contribution >= 4 is 10.8 Å². The van der Waals surface area contributed by atoms with Crippen LogP contribution in [-0.4, -0.2) is 4.98 Å². The largest absolute Gasteiger partial charge is 0.258 e. The van der Waals surface area contributed by atoms with E-state index in [1.54, 1.807) is 0 Å². The highest BCUT2D eigenvalue weighted by Gasteiger charge is 1.97. The molecule has 0 N–H and O–H groups in total. The van der Waals surface area contributed by atoms with Crippen molar-refractivity contribution in [2.45, 2.75) is 13.8 Å². The molecule has 0 spiro atoms. The van der Waals surface area contributed by atoms with Gasteiger partial charge in [0, 0.05) is 18.1 Å². The van der Waals surface area contributed by atoms with Crippen molar-refractivity contribution < 1.29 is 1.37 Å². The Morgan fingerprint density at radius 1 is 1.33 bits per heavy atom. The van der Waals surface area contributed by atoms with Crippen LogP contribution >= 0.6 is 0 Å². The minimum absolute atomic E-state index is 0.256. The van der Waals surface area contributed by atoms with E-state index in [-0.39, 0.29) is 6.90 Å². The molecule has 1 aromatic heterocycles. The highest BCUT2D eigenvalue weighted by Crippen LogP contribution is 2.16. The highest BCUT2D eigenvalue weighted by atomic mass is 14.7. The second-order valence-electron chi connectivity index (χ2n) is 2.92. The lowest BCUT2D eigenvalue weighted by Crippen LogP contribution is -1.86. The summed E-state index contributed by atoms with van der Waals surface area (Å²) in [7, 11) is 0. The third-order valence-electron chi connectivity index (χ3n) is 1.98. The number of nitrogens with zero attached hydrogens (tertiary/aromatic N) is 1. The lowest BCUT2D eigenvalue weighted by atomic mass is 10.1. The molecule has 0 radical (unpaired) electrons. The number of rotatable bonds is 0. The van der Waals surface area contributed by atoms with E-state index >= 15 is 0 Å². The maximum absolute atomic E-state index is 7.25. The average Bonchev–Trinajstić information content (AvgIpc) is 2.18. The molecule has 1 aromatic carbocycles. The summed E-state index contributed by atoms with van der Waals surface area (Å²) in [6, 6.07) is 10.1. The molecule has 60 valence electrons. The Bertz CT molecular complexity index is 437. The van der Waals surface area contributed by atoms with Crippen LogP contribution in [0.25, 0.3) is 10.8 Å². The summed E-state index contributed by atoms with van der Waals surface area (Å²) in [6.45, 7) is 2.24. The molecule has 12 heavy (non-hydrogen) atoms. The Morgan fingerprint density at radius 2 is 2.17 bits per heavy atom. The van der Waals surface area contributed by atoms with E-state index in [1.807, 2.05) is 25.1 Å². The molecule has 0 amide bonds. The van der Waals surface area contributed by atoms with Crippen molar-refractivity contribution in [3.63, 3.8) is 0 Å². The zero-order valence-corrected chi connectivity index (χ0v) is 7.04. The first-order valence-electron chi connectivity index (χ1n) is 4.66. The summed E-state index contributed by atoms with van der Waals surface area (Å²) < 4.78 is 7.25. The molecule has 1 nitrogen and oxygen atoms in total. The smallest absolute Gasteiger partial charge is 0.0454 e. The van der Waals surface area contributed by atoms with Crippen LogP contribution in [0.15, 0.2) is 30.3 Å². The first-order valence-corrected chi connectivity index (χ1v) is 3.96. The number of hydrogen-bond acceptors (Lipinski definition) is 1. The molecule has 0 aliphatic carbocycles. The molecule has 0 aliphatic heterocycles. The normalized spacial score (nSPS) is 11.6. The van der Waals surface area contributed by atoms with Crippen LogP contribution in [0.4, 0.5) is 0 Å². The van der Waals surface area contributed by atoms with Gasteiger partial charge in [-0.15, -0.1) is 0 Å². The predicted molar refractivity (Wildman–Crippen MR) is 51.2 cm³/mol. The molecular formula is C11H11N. The van der Waals surface area contributed by atoms with E-state index in [2.05, 4.69) is 17.1 Å². The fourth-order valence-electron chi connectivity index (χ4n) is 1.44. The molecule has 0 saturated heterocycles. The van der Waals surface area contributed by atoms with E-state index in [0.717, 1.165) is 11.4 Å². The van der Waals surface area contributed by atoms with E-state index in [9.17, 15) is 0 Å². The number of benzene rings is 1. The maximum atomic E-state index is 7.25. The minimum atomic E-state index is 0.256. The Morgan fingerprint density at radius 3 is 3.00 bits per heavy atom. The molecule has 0 aliphatic rings. The van der Waals surface area contributed by atoms with Gasteiger partial charge < -0.3 is 0 Å². The summed E-state index contributed by atoms with van der Waals surface area (Å²) in [5, 5.41) is 2.36. The van der Waals surface area contributed by atoms with Crippen molar-refractivity contribution in [1.82, 2.24) is 4.98 Å². The van der Waals surface area contributed by atoms with E-state index in [1.165, 1.54) is 10.8 Å². The van der Waals surface area contributed by atoms with Gasteiger partial charge in [0.05, 0.1) is 0 Å². The maximum Gasteiger partial charge on any atom is 0.0454 e. The summed E-state index contributed by atoms with van der Waals surface area (Å²) in [5.41, 5.74) is 1.86. The standard InChI is InChI=1S/C11H11N/c1-8-7-10-5-3-4-6-11(10)9(2)12-8/h3-7H,1-2H3/i1D. The van der Waals surface area contributed by atoms with Gasteiger partial charge in [0.1, 0.15) is 0 Å². The molecule has 0 atom stereocenters. The Balaban J connectivity index is 2.77. The topological polar surface area (TPSA) is 12.9 Å². The first-order chi connectivity index (χ1) is 6.31. The summed E-state index contributed by atoms with van der Waals surface area (Å²) >= 11 is 0. The van der Waals surface area contributed by atoms with E-state index in [4.69, 9.17) is 1.37 Å². The first kappa shape index (κ1) is 6.18. The van der Waals surface area contributed by atoms with E-state index in [0.29, 0.717) is 0 Å². The van der Waals surface area contributed by atoms with Crippen LogP contribution in [-0.2, 0) is 0 Å². The molecular weight excluding hydrogens is 146 g/mol. The lowest BCUT2D eigenvalue weighted by molar-refractivity contribution is 1.15. The average molecular weight is 158 g/mol. The van der Waals surface area contributed by atoms with Crippen LogP contribution < -0.4 is 0 Å². The number of aromatic nitrogens is 1. The Hall–Kier alpha value is -1.37. The number of fused-ring (bicyclic) bond motifs is 1. The van der Waals surface area contributed by atoms with Crippen LogP contribution in [0.1, 0.15) is 12.8 Å². The SMILES string of the molecule is [2H]Cc1cc2ccccc2c(C)n1. The number of pyridine rings is 1. The third kappa shape index (κ3) is 1.07. The molecule has 0 saturated carbocycles. The summed E-state index contributed by atoms with van der Waals surface area (Å²) in [5.74, 6) is 0. The second-order valence-corrected chi connectivity index (χ2v) is 2.92. The fraction of sp³-hybridized carbons (Fsp3) is 0.182. The monoisotopic (exact) mass is 158 g/mol. The van der Waals surface area contributed by atoms with Crippen LogP contribution in [0, 0.1) is 13.8 Å². The van der Waals surface area contributed by atoms with Crippen molar-refractivity contribution in [2.75, 3.05) is 0 Å². The fourth-order valence-corrected chi connectivity index (χ4v) is 1.44. The van der Waals surface area contributed by atoms with Crippen LogP contribution in [0.3, 0.4) is 0 Å². The Kier molecular flexibility index (Phi) is 1.34. The van der Waals surface area contributed by atoms with Gasteiger partial charge in [0.2, 0.25) is 0 Å². The molecule has 0 bridgehead atoms. The van der Waals surface area contributed by atoms with Gasteiger partial charge in [-0.3, -0.25) is 4.98 Å². The zero-order chi connectivity index (χ0) is 9.26. The predicted octanol–water partition coefficient (Wildman–Crippen LogP) is 2.85. The molecule has 2 rings (SSSR count). The molecule has 0 fully saturated rings. The number of aryl methyl sites for hydroxylation is 2. The van der Waals surface area contributed by atoms with Gasteiger partial charge in [-0.05, 0) is 25.3 Å². The molecule has 1 heteroatoms. The van der Waals surface area contributed by atoms with Crippen molar-refractivity contribution in [3.05, 3.63) is 41.7 Å². The van der Waals surface area contributed by atoms with Crippen molar-refractivity contribution in [3.8, 4) is 0 Å². The zero-order valence-electron chi connectivity index (χ0n) is 8.04.